The van der Waals surface area contributed by atoms with Crippen molar-refractivity contribution in [3.05, 3.63) is 34.9 Å². The number of halogens is 3. The lowest BCUT2D eigenvalue weighted by atomic mass is 10.0. The molecule has 0 N–H and O–H groups in total. The number of hydrogen-bond acceptors (Lipinski definition) is 0. The molecule has 14 heavy (non-hydrogen) atoms. The fraction of sp³-hybridized carbons (Fsp3) is 0.455. The second-order valence-corrected chi connectivity index (χ2v) is 3.67. The summed E-state index contributed by atoms with van der Waals surface area (Å²) in [5.41, 5.74) is 1.73. The fourth-order valence-electron chi connectivity index (χ4n) is 1.40. The van der Waals surface area contributed by atoms with Gasteiger partial charge in [0.2, 0.25) is 0 Å². The molecule has 0 amide bonds. The van der Waals surface area contributed by atoms with Gasteiger partial charge in [-0.3, -0.25) is 0 Å². The zero-order chi connectivity index (χ0) is 10.6. The molecule has 0 aliphatic rings. The van der Waals surface area contributed by atoms with Gasteiger partial charge in [-0.15, -0.1) is 11.6 Å². The number of benzene rings is 1. The highest BCUT2D eigenvalue weighted by Crippen LogP contribution is 2.25. The van der Waals surface area contributed by atoms with Crippen LogP contribution in [-0.4, -0.2) is 5.88 Å². The summed E-state index contributed by atoms with van der Waals surface area (Å²) in [6.07, 6.45) is -1.02. The van der Waals surface area contributed by atoms with Crippen molar-refractivity contribution in [2.75, 3.05) is 5.88 Å². The van der Waals surface area contributed by atoms with Gasteiger partial charge in [-0.25, -0.2) is 8.78 Å². The Hall–Kier alpha value is -0.630. The van der Waals surface area contributed by atoms with E-state index in [-0.39, 0.29) is 5.56 Å². The van der Waals surface area contributed by atoms with Gasteiger partial charge in [0.15, 0.2) is 0 Å². The van der Waals surface area contributed by atoms with Gasteiger partial charge >= 0.3 is 0 Å². The Morgan fingerprint density at radius 1 is 1.36 bits per heavy atom. The average molecular weight is 219 g/mol. The maximum absolute atomic E-state index is 12.6. The lowest BCUT2D eigenvalue weighted by molar-refractivity contribution is 0.150. The first-order valence-corrected chi connectivity index (χ1v) is 5.12. The Kier molecular flexibility index (Phi) is 4.33. The highest BCUT2D eigenvalue weighted by atomic mass is 35.5. The fourth-order valence-corrected chi connectivity index (χ4v) is 1.54. The Balaban J connectivity index is 2.90. The van der Waals surface area contributed by atoms with Crippen molar-refractivity contribution in [2.45, 2.75) is 26.2 Å². The van der Waals surface area contributed by atoms with Crippen LogP contribution in [0.1, 0.15) is 29.5 Å². The maximum atomic E-state index is 12.6. The molecule has 0 heterocycles. The van der Waals surface area contributed by atoms with Crippen LogP contribution in [0.5, 0.6) is 0 Å². The van der Waals surface area contributed by atoms with Gasteiger partial charge in [0.25, 0.3) is 6.43 Å². The smallest absolute Gasteiger partial charge is 0.205 e. The van der Waals surface area contributed by atoms with Gasteiger partial charge in [-0.2, -0.15) is 0 Å². The molecule has 0 radical (unpaired) electrons. The van der Waals surface area contributed by atoms with Crippen LogP contribution in [0.4, 0.5) is 8.78 Å². The minimum Gasteiger partial charge on any atom is -0.205 e. The van der Waals surface area contributed by atoms with Gasteiger partial charge < -0.3 is 0 Å². The van der Waals surface area contributed by atoms with Crippen molar-refractivity contribution in [1.29, 1.82) is 0 Å². The minimum absolute atomic E-state index is 0.148. The van der Waals surface area contributed by atoms with E-state index in [4.69, 9.17) is 11.6 Å². The van der Waals surface area contributed by atoms with Crippen LogP contribution in [0, 0.1) is 6.92 Å². The molecular formula is C11H13ClF2. The SMILES string of the molecule is Cc1ccc(CCCCl)c(C(F)F)c1. The Morgan fingerprint density at radius 3 is 2.64 bits per heavy atom. The highest BCUT2D eigenvalue weighted by molar-refractivity contribution is 6.17. The molecule has 0 atom stereocenters. The predicted molar refractivity (Wildman–Crippen MR) is 55.2 cm³/mol. The summed E-state index contributed by atoms with van der Waals surface area (Å²) in [7, 11) is 0. The molecule has 0 aliphatic carbocycles. The molecule has 0 spiro atoms. The normalized spacial score (nSPS) is 10.9. The number of aryl methyl sites for hydroxylation is 2. The Morgan fingerprint density at radius 2 is 2.07 bits per heavy atom. The monoisotopic (exact) mass is 218 g/mol. The second kappa shape index (κ2) is 5.30. The largest absolute Gasteiger partial charge is 0.264 e. The van der Waals surface area contributed by atoms with E-state index >= 15 is 0 Å². The van der Waals surface area contributed by atoms with Gasteiger partial charge in [-0.05, 0) is 25.3 Å². The van der Waals surface area contributed by atoms with Crippen LogP contribution in [0.3, 0.4) is 0 Å². The van der Waals surface area contributed by atoms with E-state index in [0.29, 0.717) is 17.9 Å². The molecule has 0 saturated carbocycles. The third-order valence-corrected chi connectivity index (χ3v) is 2.38. The zero-order valence-electron chi connectivity index (χ0n) is 8.06. The lowest BCUT2D eigenvalue weighted by Crippen LogP contribution is -1.96. The Labute approximate surface area is 87.9 Å². The van der Waals surface area contributed by atoms with Crippen LogP contribution in [0.25, 0.3) is 0 Å². The van der Waals surface area contributed by atoms with Crippen molar-refractivity contribution in [1.82, 2.24) is 0 Å². The summed E-state index contributed by atoms with van der Waals surface area (Å²) in [5, 5.41) is 0. The van der Waals surface area contributed by atoms with Crippen LogP contribution < -0.4 is 0 Å². The van der Waals surface area contributed by atoms with Crippen molar-refractivity contribution in [2.24, 2.45) is 0 Å². The summed E-state index contributed by atoms with van der Waals surface area (Å²) >= 11 is 5.53. The maximum Gasteiger partial charge on any atom is 0.264 e. The molecule has 0 fully saturated rings. The van der Waals surface area contributed by atoms with E-state index in [1.807, 2.05) is 13.0 Å². The summed E-state index contributed by atoms with van der Waals surface area (Å²) in [6, 6.07) is 5.17. The second-order valence-electron chi connectivity index (χ2n) is 3.30. The summed E-state index contributed by atoms with van der Waals surface area (Å²) < 4.78 is 25.2. The van der Waals surface area contributed by atoms with E-state index in [0.717, 1.165) is 12.0 Å². The van der Waals surface area contributed by atoms with Gasteiger partial charge in [0, 0.05) is 11.4 Å². The van der Waals surface area contributed by atoms with E-state index in [1.54, 1.807) is 12.1 Å². The van der Waals surface area contributed by atoms with Crippen molar-refractivity contribution < 1.29 is 8.78 Å². The molecule has 0 aromatic heterocycles. The summed E-state index contributed by atoms with van der Waals surface area (Å²) in [4.78, 5) is 0. The first kappa shape index (κ1) is 11.4. The van der Waals surface area contributed by atoms with Crippen LogP contribution in [0.15, 0.2) is 18.2 Å². The standard InChI is InChI=1S/C11H13ClF2/c1-8-4-5-9(3-2-6-12)10(7-8)11(13)14/h4-5,7,11H,2-3,6H2,1H3. The quantitative estimate of drug-likeness (QED) is 0.668. The van der Waals surface area contributed by atoms with E-state index in [2.05, 4.69) is 0 Å². The number of alkyl halides is 3. The summed E-state index contributed by atoms with van der Waals surface area (Å²) in [5.74, 6) is 0.510. The van der Waals surface area contributed by atoms with Crippen molar-refractivity contribution in [3.8, 4) is 0 Å². The lowest BCUT2D eigenvalue weighted by Gasteiger charge is -2.08. The number of hydrogen-bond donors (Lipinski definition) is 0. The van der Waals surface area contributed by atoms with E-state index in [1.165, 1.54) is 0 Å². The van der Waals surface area contributed by atoms with E-state index < -0.39 is 6.43 Å². The first-order valence-electron chi connectivity index (χ1n) is 4.58. The van der Waals surface area contributed by atoms with Gasteiger partial charge in [-0.1, -0.05) is 23.8 Å². The molecule has 78 valence electrons. The molecule has 0 unspecified atom stereocenters. The molecule has 3 heteroatoms. The van der Waals surface area contributed by atoms with E-state index in [9.17, 15) is 8.78 Å². The minimum atomic E-state index is -2.39. The molecule has 0 aliphatic heterocycles. The van der Waals surface area contributed by atoms with Crippen molar-refractivity contribution >= 4 is 11.6 Å². The summed E-state index contributed by atoms with van der Waals surface area (Å²) in [6.45, 7) is 1.82. The first-order chi connectivity index (χ1) is 6.65. The topological polar surface area (TPSA) is 0 Å². The van der Waals surface area contributed by atoms with Crippen LogP contribution >= 0.6 is 11.6 Å². The third kappa shape index (κ3) is 2.95. The van der Waals surface area contributed by atoms with Crippen LogP contribution in [0.2, 0.25) is 0 Å². The molecular weight excluding hydrogens is 206 g/mol. The molecule has 0 saturated heterocycles. The molecule has 0 bridgehead atoms. The third-order valence-electron chi connectivity index (χ3n) is 2.12. The van der Waals surface area contributed by atoms with Crippen molar-refractivity contribution in [3.63, 3.8) is 0 Å². The Bertz CT molecular complexity index is 297. The zero-order valence-corrected chi connectivity index (χ0v) is 8.82. The predicted octanol–water partition coefficient (Wildman–Crippen LogP) is 4.10. The van der Waals surface area contributed by atoms with Gasteiger partial charge in [0.1, 0.15) is 0 Å². The molecule has 0 nitrogen and oxygen atoms in total. The van der Waals surface area contributed by atoms with Crippen LogP contribution in [-0.2, 0) is 6.42 Å². The average Bonchev–Trinajstić information content (AvgIpc) is 2.15. The number of rotatable bonds is 4. The highest BCUT2D eigenvalue weighted by Gasteiger charge is 2.12. The molecule has 1 aromatic carbocycles. The molecule has 1 rings (SSSR count). The molecule has 1 aromatic rings. The van der Waals surface area contributed by atoms with Gasteiger partial charge in [0.05, 0.1) is 0 Å².